The lowest BCUT2D eigenvalue weighted by Gasteiger charge is -2.10. The summed E-state index contributed by atoms with van der Waals surface area (Å²) in [4.78, 5) is 22.6. The maximum atomic E-state index is 13.6. The Kier molecular flexibility index (Phi) is 3.99. The first-order valence-electron chi connectivity index (χ1n) is 5.67. The number of nitrogens with one attached hydrogen (secondary N) is 2. The van der Waals surface area contributed by atoms with Crippen LogP contribution in [-0.2, 0) is 6.54 Å². The van der Waals surface area contributed by atoms with Gasteiger partial charge in [-0.3, -0.25) is 0 Å². The summed E-state index contributed by atoms with van der Waals surface area (Å²) in [5.41, 5.74) is -0.699. The lowest BCUT2D eigenvalue weighted by molar-refractivity contribution is 0.0697. The molecule has 0 radical (unpaired) electrons. The SMILES string of the molecule is O=C(NCc1ccco1)Nc1c(F)cccc1C(=O)O. The molecular formula is C13H11FN2O4. The van der Waals surface area contributed by atoms with E-state index in [0.29, 0.717) is 5.76 Å². The maximum absolute atomic E-state index is 13.6. The number of halogens is 1. The second-order valence-corrected chi connectivity index (χ2v) is 3.85. The summed E-state index contributed by atoms with van der Waals surface area (Å²) >= 11 is 0. The van der Waals surface area contributed by atoms with Gasteiger partial charge in [-0.15, -0.1) is 0 Å². The van der Waals surface area contributed by atoms with Crippen molar-refractivity contribution in [1.29, 1.82) is 0 Å². The first-order valence-corrected chi connectivity index (χ1v) is 5.67. The normalized spacial score (nSPS) is 10.1. The standard InChI is InChI=1S/C13H11FN2O4/c14-10-5-1-4-9(12(17)18)11(10)16-13(19)15-7-8-3-2-6-20-8/h1-6H,7H2,(H,17,18)(H2,15,16,19). The third kappa shape index (κ3) is 3.14. The number of hydrogen-bond donors (Lipinski definition) is 3. The van der Waals surface area contributed by atoms with Crippen LogP contribution in [0.1, 0.15) is 16.1 Å². The molecule has 0 atom stereocenters. The summed E-state index contributed by atoms with van der Waals surface area (Å²) in [6, 6.07) is 6.11. The van der Waals surface area contributed by atoms with E-state index in [1.807, 2.05) is 0 Å². The van der Waals surface area contributed by atoms with E-state index >= 15 is 0 Å². The third-order valence-corrected chi connectivity index (χ3v) is 2.49. The Balaban J connectivity index is 2.06. The highest BCUT2D eigenvalue weighted by Crippen LogP contribution is 2.19. The Labute approximate surface area is 113 Å². The van der Waals surface area contributed by atoms with Crippen LogP contribution in [0.2, 0.25) is 0 Å². The van der Waals surface area contributed by atoms with Gasteiger partial charge in [0.25, 0.3) is 0 Å². The van der Waals surface area contributed by atoms with E-state index in [1.165, 1.54) is 18.4 Å². The number of carbonyl (C=O) groups excluding carboxylic acids is 1. The molecule has 2 amide bonds. The number of carboxylic acid groups (broad SMARTS) is 1. The van der Waals surface area contributed by atoms with Crippen molar-refractivity contribution in [1.82, 2.24) is 5.32 Å². The number of amides is 2. The van der Waals surface area contributed by atoms with Crippen LogP contribution in [-0.4, -0.2) is 17.1 Å². The molecule has 1 aromatic carbocycles. The largest absolute Gasteiger partial charge is 0.478 e. The van der Waals surface area contributed by atoms with Crippen LogP contribution in [0.4, 0.5) is 14.9 Å². The number of carbonyl (C=O) groups is 2. The van der Waals surface area contributed by atoms with E-state index in [2.05, 4.69) is 10.6 Å². The van der Waals surface area contributed by atoms with Crippen molar-refractivity contribution < 1.29 is 23.5 Å². The maximum Gasteiger partial charge on any atom is 0.337 e. The molecule has 0 fully saturated rings. The highest BCUT2D eigenvalue weighted by atomic mass is 19.1. The smallest absolute Gasteiger partial charge is 0.337 e. The average Bonchev–Trinajstić information content (AvgIpc) is 2.91. The Morgan fingerprint density at radius 2 is 2.05 bits per heavy atom. The molecule has 6 nitrogen and oxygen atoms in total. The van der Waals surface area contributed by atoms with Crippen LogP contribution in [0, 0.1) is 5.82 Å². The van der Waals surface area contributed by atoms with Crippen molar-refractivity contribution in [3.8, 4) is 0 Å². The van der Waals surface area contributed by atoms with Crippen molar-refractivity contribution >= 4 is 17.7 Å². The molecule has 2 aromatic rings. The zero-order chi connectivity index (χ0) is 14.5. The average molecular weight is 278 g/mol. The van der Waals surface area contributed by atoms with Gasteiger partial charge in [-0.05, 0) is 24.3 Å². The molecule has 20 heavy (non-hydrogen) atoms. The topological polar surface area (TPSA) is 91.6 Å². The molecule has 104 valence electrons. The zero-order valence-corrected chi connectivity index (χ0v) is 10.2. The molecular weight excluding hydrogens is 267 g/mol. The quantitative estimate of drug-likeness (QED) is 0.801. The van der Waals surface area contributed by atoms with Crippen molar-refractivity contribution in [2.75, 3.05) is 5.32 Å². The van der Waals surface area contributed by atoms with Gasteiger partial charge in [-0.25, -0.2) is 14.0 Å². The Bertz CT molecular complexity index is 625. The summed E-state index contributed by atoms with van der Waals surface area (Å²) in [5.74, 6) is -1.63. The predicted octanol–water partition coefficient (Wildman–Crippen LogP) is 2.44. The predicted molar refractivity (Wildman–Crippen MR) is 67.9 cm³/mol. The molecule has 0 saturated heterocycles. The van der Waals surface area contributed by atoms with Gasteiger partial charge in [-0.2, -0.15) is 0 Å². The molecule has 0 aliphatic rings. The second-order valence-electron chi connectivity index (χ2n) is 3.85. The fourth-order valence-electron chi connectivity index (χ4n) is 1.57. The first kappa shape index (κ1) is 13.6. The molecule has 0 aliphatic carbocycles. The van der Waals surface area contributed by atoms with Crippen LogP contribution >= 0.6 is 0 Å². The van der Waals surface area contributed by atoms with Crippen molar-refractivity contribution in [2.45, 2.75) is 6.54 Å². The van der Waals surface area contributed by atoms with Crippen molar-refractivity contribution in [2.24, 2.45) is 0 Å². The number of anilines is 1. The molecule has 1 aromatic heterocycles. The Morgan fingerprint density at radius 1 is 1.25 bits per heavy atom. The zero-order valence-electron chi connectivity index (χ0n) is 10.2. The highest BCUT2D eigenvalue weighted by molar-refractivity contribution is 6.00. The summed E-state index contributed by atoms with van der Waals surface area (Å²) in [7, 11) is 0. The number of para-hydroxylation sites is 1. The lowest BCUT2D eigenvalue weighted by atomic mass is 10.1. The molecule has 0 saturated carbocycles. The Morgan fingerprint density at radius 3 is 2.70 bits per heavy atom. The van der Waals surface area contributed by atoms with Gasteiger partial charge in [0.05, 0.1) is 24.1 Å². The van der Waals surface area contributed by atoms with E-state index in [0.717, 1.165) is 6.07 Å². The number of furan rings is 1. The minimum absolute atomic E-state index is 0.107. The van der Waals surface area contributed by atoms with Gasteiger partial charge in [0.15, 0.2) is 0 Å². The van der Waals surface area contributed by atoms with E-state index in [1.54, 1.807) is 12.1 Å². The fourth-order valence-corrected chi connectivity index (χ4v) is 1.57. The van der Waals surface area contributed by atoms with Gasteiger partial charge < -0.3 is 20.2 Å². The van der Waals surface area contributed by atoms with Crippen molar-refractivity contribution in [3.63, 3.8) is 0 Å². The van der Waals surface area contributed by atoms with Gasteiger partial charge in [0.2, 0.25) is 0 Å². The molecule has 0 unspecified atom stereocenters. The summed E-state index contributed by atoms with van der Waals surface area (Å²) in [5, 5.41) is 13.5. The number of hydrogen-bond acceptors (Lipinski definition) is 3. The van der Waals surface area contributed by atoms with Crippen LogP contribution in [0.15, 0.2) is 41.0 Å². The molecule has 3 N–H and O–H groups in total. The summed E-state index contributed by atoms with van der Waals surface area (Å²) < 4.78 is 18.6. The summed E-state index contributed by atoms with van der Waals surface area (Å²) in [6.45, 7) is 0.107. The molecule has 7 heteroatoms. The number of rotatable bonds is 4. The highest BCUT2D eigenvalue weighted by Gasteiger charge is 2.16. The van der Waals surface area contributed by atoms with Gasteiger partial charge in [0.1, 0.15) is 11.6 Å². The van der Waals surface area contributed by atoms with E-state index in [9.17, 15) is 14.0 Å². The van der Waals surface area contributed by atoms with Gasteiger partial charge >= 0.3 is 12.0 Å². The number of urea groups is 1. The molecule has 1 heterocycles. The monoisotopic (exact) mass is 278 g/mol. The fraction of sp³-hybridized carbons (Fsp3) is 0.0769. The first-order chi connectivity index (χ1) is 9.58. The number of carboxylic acids is 1. The molecule has 0 spiro atoms. The van der Waals surface area contributed by atoms with E-state index < -0.39 is 17.8 Å². The van der Waals surface area contributed by atoms with Crippen molar-refractivity contribution in [3.05, 3.63) is 53.7 Å². The van der Waals surface area contributed by atoms with Gasteiger partial charge in [0, 0.05) is 0 Å². The molecule has 0 bridgehead atoms. The minimum Gasteiger partial charge on any atom is -0.478 e. The number of aromatic carboxylic acids is 1. The van der Waals surface area contributed by atoms with E-state index in [-0.39, 0.29) is 17.8 Å². The van der Waals surface area contributed by atoms with Crippen LogP contribution < -0.4 is 10.6 Å². The lowest BCUT2D eigenvalue weighted by Crippen LogP contribution is -2.29. The number of benzene rings is 1. The minimum atomic E-state index is -1.33. The third-order valence-electron chi connectivity index (χ3n) is 2.49. The van der Waals surface area contributed by atoms with Gasteiger partial charge in [-0.1, -0.05) is 6.07 Å². The summed E-state index contributed by atoms with van der Waals surface area (Å²) in [6.07, 6.45) is 1.45. The molecule has 2 rings (SSSR count). The van der Waals surface area contributed by atoms with Crippen LogP contribution in [0.25, 0.3) is 0 Å². The second kappa shape index (κ2) is 5.87. The molecule has 0 aliphatic heterocycles. The Hall–Kier alpha value is -2.83. The van der Waals surface area contributed by atoms with Crippen LogP contribution in [0.5, 0.6) is 0 Å². The van der Waals surface area contributed by atoms with Crippen LogP contribution in [0.3, 0.4) is 0 Å². The van der Waals surface area contributed by atoms with E-state index in [4.69, 9.17) is 9.52 Å².